The third-order valence-electron chi connectivity index (χ3n) is 4.26. The van der Waals surface area contributed by atoms with E-state index in [0.29, 0.717) is 25.7 Å². The summed E-state index contributed by atoms with van der Waals surface area (Å²) in [4.78, 5) is 2.56. The smallest absolute Gasteiger partial charge is 0.187 e. The van der Waals surface area contributed by atoms with Gasteiger partial charge in [0, 0.05) is 26.2 Å². The van der Waals surface area contributed by atoms with Crippen molar-refractivity contribution in [2.75, 3.05) is 36.0 Å². The van der Waals surface area contributed by atoms with Crippen LogP contribution < -0.4 is 9.80 Å². The number of anilines is 2. The molecule has 0 saturated heterocycles. The zero-order valence-corrected chi connectivity index (χ0v) is 16.2. The van der Waals surface area contributed by atoms with E-state index in [-0.39, 0.29) is 26.2 Å². The molecule has 1 rings (SSSR count). The molecule has 0 N–H and O–H groups in total. The molecular formula is C22H28F4N2. The van der Waals surface area contributed by atoms with Gasteiger partial charge >= 0.3 is 0 Å². The van der Waals surface area contributed by atoms with Gasteiger partial charge in [0.05, 0.1) is 0 Å². The molecule has 0 aliphatic rings. The maximum Gasteiger partial charge on any atom is 0.187 e. The topological polar surface area (TPSA) is 6.48 Å². The summed E-state index contributed by atoms with van der Waals surface area (Å²) in [5, 5.41) is 0. The third-order valence-corrected chi connectivity index (χ3v) is 4.26. The first-order chi connectivity index (χ1) is 13.4. The minimum absolute atomic E-state index is 0.181. The van der Waals surface area contributed by atoms with Gasteiger partial charge in [-0.3, -0.25) is 0 Å². The van der Waals surface area contributed by atoms with Crippen LogP contribution in [0.25, 0.3) is 0 Å². The third kappa shape index (κ3) is 5.75. The summed E-state index contributed by atoms with van der Waals surface area (Å²) in [6, 6.07) is 0. The van der Waals surface area contributed by atoms with E-state index in [4.69, 9.17) is 0 Å². The van der Waals surface area contributed by atoms with E-state index in [1.807, 2.05) is 0 Å². The van der Waals surface area contributed by atoms with Gasteiger partial charge in [-0.1, -0.05) is 24.3 Å². The normalized spacial score (nSPS) is 10.4. The van der Waals surface area contributed by atoms with E-state index in [2.05, 4.69) is 26.3 Å². The van der Waals surface area contributed by atoms with E-state index >= 15 is 0 Å². The first kappa shape index (κ1) is 23.5. The minimum Gasteiger partial charge on any atom is -0.366 e. The first-order valence-electron chi connectivity index (χ1n) is 9.23. The molecule has 0 unspecified atom stereocenters. The highest BCUT2D eigenvalue weighted by Gasteiger charge is 2.30. The molecule has 6 heteroatoms. The van der Waals surface area contributed by atoms with Crippen LogP contribution in [0.2, 0.25) is 0 Å². The predicted octanol–water partition coefficient (Wildman–Crippen LogP) is 6.16. The summed E-state index contributed by atoms with van der Waals surface area (Å²) in [5.74, 6) is -5.60. The number of nitrogens with zero attached hydrogens (tertiary/aromatic N) is 2. The Morgan fingerprint density at radius 2 is 0.714 bits per heavy atom. The fourth-order valence-electron chi connectivity index (χ4n) is 2.82. The average molecular weight is 396 g/mol. The highest BCUT2D eigenvalue weighted by molar-refractivity contribution is 5.61. The Balaban J connectivity index is 3.47. The molecule has 0 aromatic heterocycles. The second-order valence-corrected chi connectivity index (χ2v) is 6.24. The van der Waals surface area contributed by atoms with Crippen molar-refractivity contribution >= 4 is 11.4 Å². The van der Waals surface area contributed by atoms with Crippen molar-refractivity contribution < 1.29 is 17.6 Å². The zero-order valence-electron chi connectivity index (χ0n) is 16.2. The fourth-order valence-corrected chi connectivity index (χ4v) is 2.82. The van der Waals surface area contributed by atoms with Gasteiger partial charge in [-0.15, -0.1) is 26.3 Å². The number of rotatable bonds is 14. The van der Waals surface area contributed by atoms with Crippen LogP contribution >= 0.6 is 0 Å². The van der Waals surface area contributed by atoms with Gasteiger partial charge in [-0.25, -0.2) is 17.6 Å². The molecule has 0 amide bonds. The van der Waals surface area contributed by atoms with Crippen LogP contribution in [0.5, 0.6) is 0 Å². The van der Waals surface area contributed by atoms with Crippen molar-refractivity contribution in [3.05, 3.63) is 73.9 Å². The van der Waals surface area contributed by atoms with E-state index in [1.54, 1.807) is 24.3 Å². The Morgan fingerprint density at radius 3 is 0.893 bits per heavy atom. The van der Waals surface area contributed by atoms with Gasteiger partial charge in [0.15, 0.2) is 23.3 Å². The van der Waals surface area contributed by atoms with Crippen LogP contribution in [0.3, 0.4) is 0 Å². The van der Waals surface area contributed by atoms with Gasteiger partial charge in [-0.2, -0.15) is 0 Å². The van der Waals surface area contributed by atoms with E-state index in [1.165, 1.54) is 9.80 Å². The van der Waals surface area contributed by atoms with Gasteiger partial charge in [-0.05, 0) is 25.7 Å². The van der Waals surface area contributed by atoms with Crippen molar-refractivity contribution in [2.24, 2.45) is 0 Å². The van der Waals surface area contributed by atoms with E-state index < -0.39 is 34.6 Å². The van der Waals surface area contributed by atoms with Gasteiger partial charge in [0.2, 0.25) is 0 Å². The lowest BCUT2D eigenvalue weighted by Crippen LogP contribution is -2.31. The highest BCUT2D eigenvalue weighted by Crippen LogP contribution is 2.36. The van der Waals surface area contributed by atoms with Crippen molar-refractivity contribution in [1.29, 1.82) is 0 Å². The second-order valence-electron chi connectivity index (χ2n) is 6.24. The summed E-state index contributed by atoms with van der Waals surface area (Å²) in [6.45, 7) is 15.0. The Hall–Kier alpha value is -2.50. The quantitative estimate of drug-likeness (QED) is 0.211. The Bertz CT molecular complexity index is 588. The van der Waals surface area contributed by atoms with Crippen molar-refractivity contribution in [3.8, 4) is 0 Å². The molecule has 0 saturated carbocycles. The lowest BCUT2D eigenvalue weighted by Gasteiger charge is -2.29. The zero-order chi connectivity index (χ0) is 21.1. The van der Waals surface area contributed by atoms with E-state index in [9.17, 15) is 17.6 Å². The molecule has 0 heterocycles. The summed E-state index contributed by atoms with van der Waals surface area (Å²) in [6.07, 6.45) is 7.93. The SMILES string of the molecule is C=CCCN(CCC=C)c1c(F)c(F)c(N(CCC=C)CCC=C)c(F)c1F. The van der Waals surface area contributed by atoms with Crippen LogP contribution in [0.1, 0.15) is 25.7 Å². The van der Waals surface area contributed by atoms with Crippen molar-refractivity contribution in [2.45, 2.75) is 25.7 Å². The summed E-state index contributed by atoms with van der Waals surface area (Å²) in [5.41, 5.74) is -1.40. The molecule has 1 aromatic rings. The van der Waals surface area contributed by atoms with Crippen LogP contribution in [0, 0.1) is 23.3 Å². The lowest BCUT2D eigenvalue weighted by molar-refractivity contribution is 0.449. The Labute approximate surface area is 165 Å². The molecule has 0 aliphatic carbocycles. The second kappa shape index (κ2) is 12.1. The maximum atomic E-state index is 14.9. The average Bonchev–Trinajstić information content (AvgIpc) is 2.69. The lowest BCUT2D eigenvalue weighted by atomic mass is 10.1. The van der Waals surface area contributed by atoms with Crippen LogP contribution in [-0.4, -0.2) is 26.2 Å². The predicted molar refractivity (Wildman–Crippen MR) is 110 cm³/mol. The van der Waals surface area contributed by atoms with E-state index in [0.717, 1.165) is 0 Å². The maximum absolute atomic E-state index is 14.9. The van der Waals surface area contributed by atoms with Crippen LogP contribution in [0.4, 0.5) is 28.9 Å². The van der Waals surface area contributed by atoms with Gasteiger partial charge < -0.3 is 9.80 Å². The van der Waals surface area contributed by atoms with Crippen LogP contribution in [-0.2, 0) is 0 Å². The number of halogens is 4. The standard InChI is InChI=1S/C22H28F4N2/c1-5-9-13-27(14-10-6-2)21-17(23)19(25)22(20(26)18(21)24)28(15-11-7-3)16-12-8-4/h5-8H,1-4,9-16H2. The number of benzene rings is 1. The minimum atomic E-state index is -1.40. The molecule has 0 spiro atoms. The fraction of sp³-hybridized carbons (Fsp3) is 0.364. The number of hydrogen-bond acceptors (Lipinski definition) is 2. The van der Waals surface area contributed by atoms with Gasteiger partial charge in [0.1, 0.15) is 11.4 Å². The monoisotopic (exact) mass is 396 g/mol. The Kier molecular flexibility index (Phi) is 10.1. The molecule has 0 atom stereocenters. The summed E-state index contributed by atoms with van der Waals surface area (Å²) in [7, 11) is 0. The van der Waals surface area contributed by atoms with Crippen molar-refractivity contribution in [1.82, 2.24) is 0 Å². The summed E-state index contributed by atoms with van der Waals surface area (Å²) >= 11 is 0. The first-order valence-corrected chi connectivity index (χ1v) is 9.23. The molecule has 154 valence electrons. The summed E-state index contributed by atoms with van der Waals surface area (Å²) < 4.78 is 59.5. The highest BCUT2D eigenvalue weighted by atomic mass is 19.2. The number of hydrogen-bond donors (Lipinski definition) is 0. The molecule has 1 aromatic carbocycles. The van der Waals surface area contributed by atoms with Crippen molar-refractivity contribution in [3.63, 3.8) is 0 Å². The Morgan fingerprint density at radius 1 is 0.500 bits per heavy atom. The molecule has 28 heavy (non-hydrogen) atoms. The molecule has 2 nitrogen and oxygen atoms in total. The van der Waals surface area contributed by atoms with Gasteiger partial charge in [0.25, 0.3) is 0 Å². The molecular weight excluding hydrogens is 368 g/mol. The molecule has 0 aliphatic heterocycles. The largest absolute Gasteiger partial charge is 0.366 e. The van der Waals surface area contributed by atoms with Crippen LogP contribution in [0.15, 0.2) is 50.6 Å². The molecule has 0 bridgehead atoms. The molecule has 0 fully saturated rings. The molecule has 0 radical (unpaired) electrons.